The second-order valence-corrected chi connectivity index (χ2v) is 4.43. The van der Waals surface area contributed by atoms with Gasteiger partial charge in [0.2, 0.25) is 0 Å². The lowest BCUT2D eigenvalue weighted by atomic mass is 9.95. The van der Waals surface area contributed by atoms with Crippen LogP contribution in [-0.2, 0) is 6.42 Å². The summed E-state index contributed by atoms with van der Waals surface area (Å²) in [4.78, 5) is 0. The lowest BCUT2D eigenvalue weighted by Crippen LogP contribution is -2.11. The van der Waals surface area contributed by atoms with Gasteiger partial charge in [-0.05, 0) is 43.1 Å². The first-order valence-electron chi connectivity index (χ1n) is 5.75. The smallest absolute Gasteiger partial charge is 0.267 e. The third-order valence-electron chi connectivity index (χ3n) is 2.79. The van der Waals surface area contributed by atoms with Crippen molar-refractivity contribution >= 4 is 0 Å². The van der Waals surface area contributed by atoms with E-state index in [1.54, 1.807) is 7.05 Å². The molecule has 0 amide bonds. The molecular formula is C13H19F2NO. The maximum atomic E-state index is 12.8. The third kappa shape index (κ3) is 3.40. The Morgan fingerprint density at radius 3 is 2.41 bits per heavy atom. The summed E-state index contributed by atoms with van der Waals surface area (Å²) in [6.07, 6.45) is -2.09. The molecule has 0 unspecified atom stereocenters. The van der Waals surface area contributed by atoms with Crippen molar-refractivity contribution in [2.75, 3.05) is 13.6 Å². The molecule has 1 aromatic carbocycles. The van der Waals surface area contributed by atoms with Crippen LogP contribution in [0.25, 0.3) is 0 Å². The topological polar surface area (TPSA) is 32.3 Å². The largest absolute Gasteiger partial charge is 0.507 e. The second kappa shape index (κ2) is 5.96. The third-order valence-corrected chi connectivity index (χ3v) is 2.79. The Morgan fingerprint density at radius 2 is 1.94 bits per heavy atom. The monoisotopic (exact) mass is 243 g/mol. The minimum Gasteiger partial charge on any atom is -0.507 e. The Morgan fingerprint density at radius 1 is 1.29 bits per heavy atom. The van der Waals surface area contributed by atoms with Crippen LogP contribution in [0.3, 0.4) is 0 Å². The number of hydrogen-bond acceptors (Lipinski definition) is 2. The highest BCUT2D eigenvalue weighted by molar-refractivity contribution is 5.45. The van der Waals surface area contributed by atoms with Gasteiger partial charge in [0.25, 0.3) is 6.43 Å². The van der Waals surface area contributed by atoms with Gasteiger partial charge in [0, 0.05) is 0 Å². The Kier molecular flexibility index (Phi) is 4.87. The van der Waals surface area contributed by atoms with E-state index < -0.39 is 6.43 Å². The minimum absolute atomic E-state index is 0.168. The molecule has 1 aromatic rings. The van der Waals surface area contributed by atoms with Crippen LogP contribution in [0.15, 0.2) is 12.1 Å². The standard InChI is InChI=1S/C13H19F2NO/c1-8(2)10-6-9(4-5-16-3)12(17)11(7-10)13(14)15/h6-8,13,16-17H,4-5H2,1-3H3. The maximum Gasteiger partial charge on any atom is 0.267 e. The number of alkyl halides is 2. The lowest BCUT2D eigenvalue weighted by Gasteiger charge is -2.14. The highest BCUT2D eigenvalue weighted by Crippen LogP contribution is 2.34. The Bertz CT molecular complexity index is 378. The number of phenolic OH excluding ortho intramolecular Hbond substituents is 1. The molecule has 0 bridgehead atoms. The molecular weight excluding hydrogens is 224 g/mol. The van der Waals surface area contributed by atoms with Crippen LogP contribution < -0.4 is 5.32 Å². The van der Waals surface area contributed by atoms with E-state index in [0.29, 0.717) is 18.5 Å². The number of phenols is 1. The normalized spacial score (nSPS) is 11.5. The number of rotatable bonds is 5. The molecule has 0 aromatic heterocycles. The SMILES string of the molecule is CNCCc1cc(C(C)C)cc(C(F)F)c1O. The van der Waals surface area contributed by atoms with Gasteiger partial charge in [-0.3, -0.25) is 0 Å². The molecule has 0 aliphatic heterocycles. The summed E-state index contributed by atoms with van der Waals surface area (Å²) in [5.74, 6) is -0.0962. The first kappa shape index (κ1) is 13.9. The highest BCUT2D eigenvalue weighted by Gasteiger charge is 2.18. The van der Waals surface area contributed by atoms with Gasteiger partial charge in [-0.1, -0.05) is 19.9 Å². The van der Waals surface area contributed by atoms with Crippen molar-refractivity contribution < 1.29 is 13.9 Å². The molecule has 0 saturated heterocycles. The quantitative estimate of drug-likeness (QED) is 0.832. The zero-order chi connectivity index (χ0) is 13.0. The van der Waals surface area contributed by atoms with E-state index in [2.05, 4.69) is 5.32 Å². The van der Waals surface area contributed by atoms with Crippen LogP contribution in [0.1, 0.15) is 42.9 Å². The fourth-order valence-corrected chi connectivity index (χ4v) is 1.69. The summed E-state index contributed by atoms with van der Waals surface area (Å²) in [5, 5.41) is 12.7. The molecule has 17 heavy (non-hydrogen) atoms. The fourth-order valence-electron chi connectivity index (χ4n) is 1.69. The van der Waals surface area contributed by atoms with Crippen LogP contribution in [0.2, 0.25) is 0 Å². The van der Waals surface area contributed by atoms with Crippen molar-refractivity contribution in [3.63, 3.8) is 0 Å². The zero-order valence-electron chi connectivity index (χ0n) is 10.4. The number of aromatic hydroxyl groups is 1. The van der Waals surface area contributed by atoms with E-state index in [9.17, 15) is 13.9 Å². The fraction of sp³-hybridized carbons (Fsp3) is 0.538. The van der Waals surface area contributed by atoms with E-state index in [1.807, 2.05) is 19.9 Å². The number of likely N-dealkylation sites (N-methyl/N-ethyl adjacent to an activating group) is 1. The molecule has 0 aliphatic carbocycles. The average Bonchev–Trinajstić information content (AvgIpc) is 2.26. The maximum absolute atomic E-state index is 12.8. The van der Waals surface area contributed by atoms with E-state index in [0.717, 1.165) is 5.56 Å². The predicted molar refractivity (Wildman–Crippen MR) is 64.8 cm³/mol. The average molecular weight is 243 g/mol. The van der Waals surface area contributed by atoms with Crippen LogP contribution in [-0.4, -0.2) is 18.7 Å². The molecule has 2 nitrogen and oxygen atoms in total. The van der Waals surface area contributed by atoms with Crippen LogP contribution in [0.5, 0.6) is 5.75 Å². The van der Waals surface area contributed by atoms with Gasteiger partial charge in [0.05, 0.1) is 5.56 Å². The molecule has 2 N–H and O–H groups in total. The van der Waals surface area contributed by atoms with Crippen molar-refractivity contribution in [1.82, 2.24) is 5.32 Å². The Hall–Kier alpha value is -1.16. The number of halogens is 2. The van der Waals surface area contributed by atoms with Gasteiger partial charge < -0.3 is 10.4 Å². The van der Waals surface area contributed by atoms with E-state index in [1.165, 1.54) is 6.07 Å². The highest BCUT2D eigenvalue weighted by atomic mass is 19.3. The summed E-state index contributed by atoms with van der Waals surface area (Å²) < 4.78 is 25.6. The summed E-state index contributed by atoms with van der Waals surface area (Å²) in [6, 6.07) is 3.21. The Labute approximate surface area is 101 Å². The molecule has 0 spiro atoms. The molecule has 0 heterocycles. The van der Waals surface area contributed by atoms with Crippen molar-refractivity contribution in [3.05, 3.63) is 28.8 Å². The molecule has 1 rings (SSSR count). The van der Waals surface area contributed by atoms with Crippen LogP contribution in [0, 0.1) is 0 Å². The van der Waals surface area contributed by atoms with Gasteiger partial charge in [-0.2, -0.15) is 0 Å². The second-order valence-electron chi connectivity index (χ2n) is 4.43. The summed E-state index contributed by atoms with van der Waals surface area (Å²) in [7, 11) is 1.79. The van der Waals surface area contributed by atoms with E-state index in [4.69, 9.17) is 0 Å². The van der Waals surface area contributed by atoms with E-state index in [-0.39, 0.29) is 17.2 Å². The number of benzene rings is 1. The minimum atomic E-state index is -2.64. The Balaban J connectivity index is 3.18. The van der Waals surface area contributed by atoms with Crippen molar-refractivity contribution in [1.29, 1.82) is 0 Å². The van der Waals surface area contributed by atoms with Gasteiger partial charge in [0.15, 0.2) is 0 Å². The summed E-state index contributed by atoms with van der Waals surface area (Å²) in [5.41, 5.74) is 1.16. The molecule has 0 saturated carbocycles. The molecule has 0 radical (unpaired) electrons. The van der Waals surface area contributed by atoms with Gasteiger partial charge >= 0.3 is 0 Å². The van der Waals surface area contributed by atoms with E-state index >= 15 is 0 Å². The van der Waals surface area contributed by atoms with Gasteiger partial charge in [0.1, 0.15) is 5.75 Å². The number of hydrogen-bond donors (Lipinski definition) is 2. The van der Waals surface area contributed by atoms with Crippen molar-refractivity contribution in [2.45, 2.75) is 32.6 Å². The summed E-state index contributed by atoms with van der Waals surface area (Å²) in [6.45, 7) is 4.55. The van der Waals surface area contributed by atoms with Crippen molar-refractivity contribution in [3.8, 4) is 5.75 Å². The molecule has 0 atom stereocenters. The molecule has 0 fully saturated rings. The first-order valence-corrected chi connectivity index (χ1v) is 5.75. The van der Waals surface area contributed by atoms with Crippen LogP contribution in [0.4, 0.5) is 8.78 Å². The predicted octanol–water partition coefficient (Wildman–Crippen LogP) is 3.22. The van der Waals surface area contributed by atoms with Crippen LogP contribution >= 0.6 is 0 Å². The van der Waals surface area contributed by atoms with Gasteiger partial charge in [-0.15, -0.1) is 0 Å². The zero-order valence-corrected chi connectivity index (χ0v) is 10.4. The van der Waals surface area contributed by atoms with Gasteiger partial charge in [-0.25, -0.2) is 8.78 Å². The molecule has 0 aliphatic rings. The first-order chi connectivity index (χ1) is 7.97. The van der Waals surface area contributed by atoms with Crippen molar-refractivity contribution in [2.24, 2.45) is 0 Å². The number of nitrogens with one attached hydrogen (secondary N) is 1. The molecule has 4 heteroatoms. The molecule has 96 valence electrons. The summed E-state index contributed by atoms with van der Waals surface area (Å²) >= 11 is 0. The lowest BCUT2D eigenvalue weighted by molar-refractivity contribution is 0.147.